The van der Waals surface area contributed by atoms with Gasteiger partial charge in [-0.3, -0.25) is 5.01 Å². The summed E-state index contributed by atoms with van der Waals surface area (Å²) in [4.78, 5) is 0. The first-order valence-electron chi connectivity index (χ1n) is 4.55. The molecule has 0 saturated heterocycles. The molecule has 0 unspecified atom stereocenters. The topological polar surface area (TPSA) is 15.3 Å². The lowest BCUT2D eigenvalue weighted by Gasteiger charge is -2.17. The molecular formula is C10H15FN2. The first-order chi connectivity index (χ1) is 6.27. The van der Waals surface area contributed by atoms with Crippen LogP contribution in [0.15, 0.2) is 35.4 Å². The Morgan fingerprint density at radius 3 is 2.77 bits per heavy atom. The molecule has 13 heavy (non-hydrogen) atoms. The molecule has 0 atom stereocenters. The van der Waals surface area contributed by atoms with E-state index >= 15 is 0 Å². The molecule has 0 amide bonds. The summed E-state index contributed by atoms with van der Waals surface area (Å²) in [5, 5.41) is 1.71. The highest BCUT2D eigenvalue weighted by Gasteiger charge is 2.18. The Hall–Kier alpha value is -1.09. The number of nitrogens with zero attached hydrogens (tertiary/aromatic N) is 1. The molecule has 2 aliphatic rings. The molecular weight excluding hydrogens is 167 g/mol. The number of hydrogen-bond acceptors (Lipinski definition) is 2. The van der Waals surface area contributed by atoms with Crippen molar-refractivity contribution in [2.45, 2.75) is 20.8 Å². The molecule has 0 aromatic heterocycles. The minimum atomic E-state index is -0.212. The average molecular weight is 182 g/mol. The molecule has 2 rings (SSSR count). The molecule has 0 aromatic carbocycles. The third-order valence-corrected chi connectivity index (χ3v) is 1.86. The molecule has 0 radical (unpaired) electrons. The van der Waals surface area contributed by atoms with Crippen molar-refractivity contribution in [2.75, 3.05) is 6.54 Å². The van der Waals surface area contributed by atoms with Crippen LogP contribution in [0, 0.1) is 0 Å². The zero-order chi connectivity index (χ0) is 9.84. The highest BCUT2D eigenvalue weighted by atomic mass is 19.1. The summed E-state index contributed by atoms with van der Waals surface area (Å²) in [6.45, 7) is 6.84. The van der Waals surface area contributed by atoms with E-state index in [0.717, 1.165) is 12.2 Å². The Labute approximate surface area is 78.4 Å². The second-order valence-corrected chi connectivity index (χ2v) is 2.72. The fraction of sp³-hybridized carbons (Fsp3) is 0.400. The zero-order valence-electron chi connectivity index (χ0n) is 8.26. The fourth-order valence-electron chi connectivity index (χ4n) is 1.25. The maximum Gasteiger partial charge on any atom is 0.141 e. The lowest BCUT2D eigenvalue weighted by atomic mass is 10.2. The van der Waals surface area contributed by atoms with Crippen LogP contribution in [-0.4, -0.2) is 11.6 Å². The number of halogens is 1. The largest absolute Gasteiger partial charge is 0.281 e. The van der Waals surface area contributed by atoms with Crippen molar-refractivity contribution in [1.82, 2.24) is 10.4 Å². The number of nitrogens with one attached hydrogen (secondary N) is 1. The van der Waals surface area contributed by atoms with Gasteiger partial charge in [0.1, 0.15) is 5.83 Å². The summed E-state index contributed by atoms with van der Waals surface area (Å²) in [7, 11) is 0. The van der Waals surface area contributed by atoms with E-state index in [4.69, 9.17) is 0 Å². The molecule has 0 saturated carbocycles. The normalized spacial score (nSPS) is 19.4. The summed E-state index contributed by atoms with van der Waals surface area (Å²) in [6, 6.07) is 0. The Bertz CT molecular complexity index is 277. The Balaban J connectivity index is 0.000000396. The van der Waals surface area contributed by atoms with Crippen LogP contribution in [-0.2, 0) is 0 Å². The lowest BCUT2D eigenvalue weighted by molar-refractivity contribution is 0.381. The Morgan fingerprint density at radius 1 is 1.38 bits per heavy atom. The second-order valence-electron chi connectivity index (χ2n) is 2.72. The summed E-state index contributed by atoms with van der Waals surface area (Å²) in [5.41, 5.74) is 5.33. The van der Waals surface area contributed by atoms with E-state index in [0.29, 0.717) is 0 Å². The van der Waals surface area contributed by atoms with E-state index in [1.807, 2.05) is 20.8 Å². The number of hydrazine groups is 1. The van der Waals surface area contributed by atoms with Gasteiger partial charge in [0.2, 0.25) is 0 Å². The highest BCUT2D eigenvalue weighted by molar-refractivity contribution is 5.36. The maximum atomic E-state index is 12.6. The minimum absolute atomic E-state index is 0.212. The molecule has 0 bridgehead atoms. The van der Waals surface area contributed by atoms with Crippen LogP contribution in [0.5, 0.6) is 0 Å². The molecule has 0 spiro atoms. The number of rotatable bonds is 0. The predicted molar refractivity (Wildman–Crippen MR) is 52.2 cm³/mol. The molecule has 2 nitrogen and oxygen atoms in total. The average Bonchev–Trinajstić information content (AvgIpc) is 2.51. The highest BCUT2D eigenvalue weighted by Crippen LogP contribution is 2.22. The zero-order valence-corrected chi connectivity index (χ0v) is 8.26. The van der Waals surface area contributed by atoms with Gasteiger partial charge in [0.25, 0.3) is 0 Å². The van der Waals surface area contributed by atoms with Gasteiger partial charge in [-0.1, -0.05) is 13.8 Å². The molecule has 2 aliphatic heterocycles. The molecule has 3 heteroatoms. The third kappa shape index (κ3) is 1.98. The minimum Gasteiger partial charge on any atom is -0.281 e. The maximum absolute atomic E-state index is 12.6. The van der Waals surface area contributed by atoms with Crippen LogP contribution in [0.4, 0.5) is 4.39 Å². The summed E-state index contributed by atoms with van der Waals surface area (Å²) < 4.78 is 12.6. The van der Waals surface area contributed by atoms with Crippen molar-refractivity contribution in [3.05, 3.63) is 35.4 Å². The van der Waals surface area contributed by atoms with Gasteiger partial charge in [-0.2, -0.15) is 0 Å². The molecule has 0 aromatic rings. The smallest absolute Gasteiger partial charge is 0.141 e. The standard InChI is InChI=1S/C8H9FN2.C2H6/c1-6-4-10-11-5-7(9)2-3-8(6)11;1-2/h2-3,5,10H,4H2,1H3;1-2H3. The van der Waals surface area contributed by atoms with Gasteiger partial charge in [0, 0.05) is 6.54 Å². The van der Waals surface area contributed by atoms with E-state index in [1.165, 1.54) is 17.8 Å². The number of fused-ring (bicyclic) bond motifs is 1. The van der Waals surface area contributed by atoms with E-state index in [2.05, 4.69) is 5.43 Å². The van der Waals surface area contributed by atoms with Gasteiger partial charge in [-0.05, 0) is 24.6 Å². The lowest BCUT2D eigenvalue weighted by Crippen LogP contribution is -2.27. The van der Waals surface area contributed by atoms with E-state index in [-0.39, 0.29) is 5.83 Å². The number of allylic oxidation sites excluding steroid dienone is 3. The summed E-state index contributed by atoms with van der Waals surface area (Å²) in [6.07, 6.45) is 4.71. The molecule has 0 fully saturated rings. The van der Waals surface area contributed by atoms with Crippen molar-refractivity contribution in [1.29, 1.82) is 0 Å². The third-order valence-electron chi connectivity index (χ3n) is 1.86. The van der Waals surface area contributed by atoms with Crippen LogP contribution in [0.2, 0.25) is 0 Å². The summed E-state index contributed by atoms with van der Waals surface area (Å²) in [5.74, 6) is -0.212. The monoisotopic (exact) mass is 182 g/mol. The molecule has 1 N–H and O–H groups in total. The van der Waals surface area contributed by atoms with Crippen LogP contribution in [0.3, 0.4) is 0 Å². The Kier molecular flexibility index (Phi) is 3.25. The van der Waals surface area contributed by atoms with Gasteiger partial charge < -0.3 is 0 Å². The van der Waals surface area contributed by atoms with Gasteiger partial charge >= 0.3 is 0 Å². The van der Waals surface area contributed by atoms with Crippen molar-refractivity contribution >= 4 is 0 Å². The van der Waals surface area contributed by atoms with E-state index < -0.39 is 0 Å². The fourth-order valence-corrected chi connectivity index (χ4v) is 1.25. The van der Waals surface area contributed by atoms with Crippen LogP contribution < -0.4 is 5.43 Å². The van der Waals surface area contributed by atoms with Gasteiger partial charge in [0.05, 0.1) is 11.9 Å². The van der Waals surface area contributed by atoms with E-state index in [9.17, 15) is 4.39 Å². The van der Waals surface area contributed by atoms with Crippen molar-refractivity contribution < 1.29 is 4.39 Å². The van der Waals surface area contributed by atoms with Crippen molar-refractivity contribution in [2.24, 2.45) is 0 Å². The van der Waals surface area contributed by atoms with Gasteiger partial charge in [-0.25, -0.2) is 9.82 Å². The second kappa shape index (κ2) is 4.23. The quantitative estimate of drug-likeness (QED) is 0.619. The first kappa shape index (κ1) is 9.99. The van der Waals surface area contributed by atoms with E-state index in [1.54, 1.807) is 11.1 Å². The van der Waals surface area contributed by atoms with Crippen LogP contribution in [0.1, 0.15) is 20.8 Å². The summed E-state index contributed by atoms with van der Waals surface area (Å²) >= 11 is 0. The predicted octanol–water partition coefficient (Wildman–Crippen LogP) is 2.49. The van der Waals surface area contributed by atoms with Crippen molar-refractivity contribution in [3.8, 4) is 0 Å². The van der Waals surface area contributed by atoms with Gasteiger partial charge in [-0.15, -0.1) is 0 Å². The Morgan fingerprint density at radius 2 is 2.08 bits per heavy atom. The molecule has 72 valence electrons. The molecule has 0 aliphatic carbocycles. The SMILES string of the molecule is CC.CC1=C2C=CC(F)=CN2NC1. The van der Waals surface area contributed by atoms with Gasteiger partial charge in [0.15, 0.2) is 0 Å². The molecule has 2 heterocycles. The number of hydrogen-bond donors (Lipinski definition) is 1. The van der Waals surface area contributed by atoms with Crippen molar-refractivity contribution in [3.63, 3.8) is 0 Å². The first-order valence-corrected chi connectivity index (χ1v) is 4.55. The van der Waals surface area contributed by atoms with Crippen LogP contribution in [0.25, 0.3) is 0 Å². The van der Waals surface area contributed by atoms with Crippen LogP contribution >= 0.6 is 0 Å².